The summed E-state index contributed by atoms with van der Waals surface area (Å²) in [5.74, 6) is -0.165. The second-order valence-electron chi connectivity index (χ2n) is 5.05. The van der Waals surface area contributed by atoms with Gasteiger partial charge in [0.05, 0.1) is 10.0 Å². The van der Waals surface area contributed by atoms with Crippen LogP contribution in [0.1, 0.15) is 21.5 Å². The van der Waals surface area contributed by atoms with Gasteiger partial charge in [-0.1, -0.05) is 40.9 Å². The third kappa shape index (κ3) is 3.58. The number of carbonyl (C=O) groups excluding carboxylic acids is 1. The molecule has 0 bridgehead atoms. The van der Waals surface area contributed by atoms with Crippen molar-refractivity contribution >= 4 is 56.9 Å². The van der Waals surface area contributed by atoms with Gasteiger partial charge in [-0.3, -0.25) is 10.1 Å². The lowest BCUT2D eigenvalue weighted by Gasteiger charge is -2.06. The molecule has 0 spiro atoms. The Morgan fingerprint density at radius 1 is 1.22 bits per heavy atom. The summed E-state index contributed by atoms with van der Waals surface area (Å²) >= 11 is 14.7. The van der Waals surface area contributed by atoms with Gasteiger partial charge in [0.1, 0.15) is 4.34 Å². The van der Waals surface area contributed by atoms with Crippen LogP contribution in [0.2, 0.25) is 8.67 Å². The first-order chi connectivity index (χ1) is 10.9. The lowest BCUT2D eigenvalue weighted by Crippen LogP contribution is -2.13. The lowest BCUT2D eigenvalue weighted by atomic mass is 10.1. The molecule has 3 aromatic rings. The third-order valence-corrected chi connectivity index (χ3v) is 5.54. The van der Waals surface area contributed by atoms with Crippen LogP contribution in [0, 0.1) is 13.8 Å². The quantitative estimate of drug-likeness (QED) is 0.598. The number of benzene rings is 1. The molecule has 0 fully saturated rings. The summed E-state index contributed by atoms with van der Waals surface area (Å²) in [6.45, 7) is 3.87. The maximum atomic E-state index is 12.4. The predicted octanol–water partition coefficient (Wildman–Crippen LogP) is 6.05. The molecule has 1 amide bonds. The molecule has 3 rings (SSSR count). The van der Waals surface area contributed by atoms with Gasteiger partial charge >= 0.3 is 0 Å². The fourth-order valence-electron chi connectivity index (χ4n) is 2.11. The Morgan fingerprint density at radius 3 is 2.70 bits per heavy atom. The average Bonchev–Trinajstić information content (AvgIpc) is 3.07. The fourth-order valence-corrected chi connectivity index (χ4v) is 4.30. The van der Waals surface area contributed by atoms with Crippen molar-refractivity contribution in [2.45, 2.75) is 13.8 Å². The zero-order valence-electron chi connectivity index (χ0n) is 12.3. The highest BCUT2D eigenvalue weighted by Crippen LogP contribution is 2.39. The number of nitrogens with zero attached hydrogens (tertiary/aromatic N) is 1. The van der Waals surface area contributed by atoms with Crippen molar-refractivity contribution in [1.82, 2.24) is 4.98 Å². The lowest BCUT2D eigenvalue weighted by molar-refractivity contribution is 0.102. The molecule has 0 atom stereocenters. The number of hydrogen-bond donors (Lipinski definition) is 1. The highest BCUT2D eigenvalue weighted by Gasteiger charge is 2.15. The molecule has 0 unspecified atom stereocenters. The van der Waals surface area contributed by atoms with Crippen LogP contribution in [-0.4, -0.2) is 10.9 Å². The zero-order valence-corrected chi connectivity index (χ0v) is 15.5. The molecule has 0 saturated carbocycles. The molecule has 1 aromatic carbocycles. The minimum absolute atomic E-state index is 0.165. The van der Waals surface area contributed by atoms with Gasteiger partial charge in [0.25, 0.3) is 5.91 Å². The molecule has 7 heteroatoms. The molecule has 3 nitrogen and oxygen atoms in total. The van der Waals surface area contributed by atoms with E-state index < -0.39 is 0 Å². The fraction of sp³-hybridized carbons (Fsp3) is 0.125. The van der Waals surface area contributed by atoms with Crippen LogP contribution in [0.25, 0.3) is 11.3 Å². The number of rotatable bonds is 3. The van der Waals surface area contributed by atoms with Gasteiger partial charge in [-0.25, -0.2) is 4.98 Å². The number of hydrogen-bond acceptors (Lipinski definition) is 4. The van der Waals surface area contributed by atoms with Gasteiger partial charge in [-0.05, 0) is 31.5 Å². The second-order valence-corrected chi connectivity index (χ2v) is 8.19. The molecule has 23 heavy (non-hydrogen) atoms. The monoisotopic (exact) mass is 382 g/mol. The largest absolute Gasteiger partial charge is 0.298 e. The van der Waals surface area contributed by atoms with E-state index in [0.717, 1.165) is 16.7 Å². The molecule has 2 heterocycles. The Morgan fingerprint density at radius 2 is 2.00 bits per heavy atom. The smallest absolute Gasteiger partial charge is 0.257 e. The standard InChI is InChI=1S/C16H12Cl2N2OS2/c1-8-3-4-9(2)10(5-8)15(21)20-16-19-12(7-22-16)11-6-13(17)23-14(11)18/h3-7H,1-2H3,(H,19,20,21). The Balaban J connectivity index is 1.83. The summed E-state index contributed by atoms with van der Waals surface area (Å²) in [4.78, 5) is 16.8. The average molecular weight is 383 g/mol. The minimum atomic E-state index is -0.165. The van der Waals surface area contributed by atoms with Gasteiger partial charge in [-0.2, -0.15) is 0 Å². The maximum absolute atomic E-state index is 12.4. The topological polar surface area (TPSA) is 42.0 Å². The van der Waals surface area contributed by atoms with Crippen molar-refractivity contribution in [3.8, 4) is 11.3 Å². The summed E-state index contributed by atoms with van der Waals surface area (Å²) in [5.41, 5.74) is 4.11. The van der Waals surface area contributed by atoms with Gasteiger partial charge < -0.3 is 0 Å². The molecule has 2 aromatic heterocycles. The normalized spacial score (nSPS) is 10.8. The van der Waals surface area contributed by atoms with Gasteiger partial charge in [0.15, 0.2) is 5.13 Å². The Bertz CT molecular complexity index is 886. The maximum Gasteiger partial charge on any atom is 0.257 e. The minimum Gasteiger partial charge on any atom is -0.298 e. The number of halogens is 2. The van der Waals surface area contributed by atoms with Crippen LogP contribution in [0.3, 0.4) is 0 Å². The van der Waals surface area contributed by atoms with Crippen LogP contribution in [-0.2, 0) is 0 Å². The van der Waals surface area contributed by atoms with E-state index in [1.807, 2.05) is 37.4 Å². The van der Waals surface area contributed by atoms with Crippen LogP contribution in [0.4, 0.5) is 5.13 Å². The van der Waals surface area contributed by atoms with Crippen LogP contribution in [0.15, 0.2) is 29.6 Å². The third-order valence-electron chi connectivity index (χ3n) is 3.29. The summed E-state index contributed by atoms with van der Waals surface area (Å²) in [7, 11) is 0. The van der Waals surface area contributed by atoms with E-state index in [2.05, 4.69) is 10.3 Å². The molecule has 0 saturated heterocycles. The summed E-state index contributed by atoms with van der Waals surface area (Å²) in [5, 5.41) is 5.22. The first-order valence-electron chi connectivity index (χ1n) is 6.73. The summed E-state index contributed by atoms with van der Waals surface area (Å²) < 4.78 is 1.20. The van der Waals surface area contributed by atoms with Gasteiger partial charge in [0.2, 0.25) is 0 Å². The van der Waals surface area contributed by atoms with Crippen LogP contribution in [0.5, 0.6) is 0 Å². The molecule has 0 radical (unpaired) electrons. The molecule has 1 N–H and O–H groups in total. The molecule has 0 aliphatic carbocycles. The molecule has 0 aliphatic rings. The van der Waals surface area contributed by atoms with E-state index in [1.165, 1.54) is 22.7 Å². The van der Waals surface area contributed by atoms with Crippen molar-refractivity contribution in [1.29, 1.82) is 0 Å². The van der Waals surface area contributed by atoms with Crippen molar-refractivity contribution in [2.24, 2.45) is 0 Å². The predicted molar refractivity (Wildman–Crippen MR) is 99.3 cm³/mol. The summed E-state index contributed by atoms with van der Waals surface area (Å²) in [6, 6.07) is 7.56. The number of thiazole rings is 1. The number of aryl methyl sites for hydroxylation is 2. The van der Waals surface area contributed by atoms with Gasteiger partial charge in [-0.15, -0.1) is 22.7 Å². The number of nitrogens with one attached hydrogen (secondary N) is 1. The Hall–Kier alpha value is -1.40. The zero-order chi connectivity index (χ0) is 16.6. The molecular formula is C16H12Cl2N2OS2. The highest BCUT2D eigenvalue weighted by molar-refractivity contribution is 7.20. The van der Waals surface area contributed by atoms with Crippen molar-refractivity contribution in [3.63, 3.8) is 0 Å². The SMILES string of the molecule is Cc1ccc(C)c(C(=O)Nc2nc(-c3cc(Cl)sc3Cl)cs2)c1. The van der Waals surface area contributed by atoms with Crippen molar-refractivity contribution in [3.05, 3.63) is 55.0 Å². The van der Waals surface area contributed by atoms with Crippen molar-refractivity contribution < 1.29 is 4.79 Å². The van der Waals surface area contributed by atoms with Crippen molar-refractivity contribution in [2.75, 3.05) is 5.32 Å². The van der Waals surface area contributed by atoms with E-state index in [4.69, 9.17) is 23.2 Å². The Labute approximate surface area is 151 Å². The summed E-state index contributed by atoms with van der Waals surface area (Å²) in [6.07, 6.45) is 0. The van der Waals surface area contributed by atoms with Crippen LogP contribution < -0.4 is 5.32 Å². The number of aromatic nitrogens is 1. The van der Waals surface area contributed by atoms with Gasteiger partial charge in [0, 0.05) is 16.5 Å². The Kier molecular flexibility index (Phi) is 4.73. The van der Waals surface area contributed by atoms with E-state index in [-0.39, 0.29) is 5.91 Å². The van der Waals surface area contributed by atoms with E-state index in [1.54, 1.807) is 6.07 Å². The number of anilines is 1. The van der Waals surface area contributed by atoms with E-state index in [0.29, 0.717) is 25.1 Å². The number of carbonyl (C=O) groups is 1. The molecule has 118 valence electrons. The molecular weight excluding hydrogens is 371 g/mol. The highest BCUT2D eigenvalue weighted by atomic mass is 35.5. The van der Waals surface area contributed by atoms with E-state index in [9.17, 15) is 4.79 Å². The first kappa shape index (κ1) is 16.5. The van der Waals surface area contributed by atoms with E-state index >= 15 is 0 Å². The number of amides is 1. The molecule has 0 aliphatic heterocycles. The van der Waals surface area contributed by atoms with Crippen LogP contribution >= 0.6 is 45.9 Å². The second kappa shape index (κ2) is 6.61. The number of thiophene rings is 1. The first-order valence-corrected chi connectivity index (χ1v) is 9.18.